The summed E-state index contributed by atoms with van der Waals surface area (Å²) in [7, 11) is 1.90. The number of nitrogens with zero attached hydrogens (tertiary/aromatic N) is 2. The summed E-state index contributed by atoms with van der Waals surface area (Å²) < 4.78 is 11.6. The van der Waals surface area contributed by atoms with Crippen LogP contribution in [0.5, 0.6) is 11.5 Å². The molecular formula is C40H41N3O5S2. The number of piperidine rings is 3. The molecule has 10 heteroatoms. The molecule has 0 radical (unpaired) electrons. The van der Waals surface area contributed by atoms with Crippen LogP contribution in [0.1, 0.15) is 58.9 Å². The topological polar surface area (TPSA) is 88.2 Å². The maximum Gasteiger partial charge on any atom is 0.250 e. The fourth-order valence-corrected chi connectivity index (χ4v) is 13.2. The van der Waals surface area contributed by atoms with Gasteiger partial charge in [0.2, 0.25) is 11.8 Å². The van der Waals surface area contributed by atoms with Crippen LogP contribution in [-0.4, -0.2) is 61.9 Å². The van der Waals surface area contributed by atoms with Crippen LogP contribution in [0.2, 0.25) is 0 Å². The number of piperazine rings is 1. The van der Waals surface area contributed by atoms with Crippen LogP contribution >= 0.6 is 23.5 Å². The molecule has 3 spiro atoms. The standard InChI is InChI=1S/C40H41N3O5S2/c1-35(2)20-21-47-31-28(48-35)17-16-27-30(31)41-32(44)39(27)23-38-24-43-34(46)40(49-25-12-8-6-9-13-25,50-26-14-10-7-11-15-26)19-18-37(43,33(45)42(38)5)22-29(38)36(39,3)4/h6-17,20-21,29H,18-19,22-24H2,1-5H3,(H,41,44)/t29-,37-,38+,39+/m0/s1. The number of amides is 3. The molecule has 50 heavy (non-hydrogen) atoms. The van der Waals surface area contributed by atoms with Gasteiger partial charge < -0.3 is 24.6 Å². The monoisotopic (exact) mass is 707 g/mol. The minimum atomic E-state index is -0.960. The van der Waals surface area contributed by atoms with E-state index < -0.39 is 31.6 Å². The van der Waals surface area contributed by atoms with Gasteiger partial charge in [0, 0.05) is 23.4 Å². The molecule has 2 bridgehead atoms. The van der Waals surface area contributed by atoms with Crippen LogP contribution in [-0.2, 0) is 19.8 Å². The molecule has 6 aliphatic heterocycles. The molecule has 8 nitrogen and oxygen atoms in total. The number of hydrogen-bond acceptors (Lipinski definition) is 7. The van der Waals surface area contributed by atoms with Crippen LogP contribution in [0.15, 0.2) is 94.9 Å². The Morgan fingerprint density at radius 1 is 0.840 bits per heavy atom. The Labute approximate surface area is 301 Å². The Bertz CT molecular complexity index is 1960. The highest BCUT2D eigenvalue weighted by molar-refractivity contribution is 8.19. The van der Waals surface area contributed by atoms with E-state index in [0.29, 0.717) is 49.4 Å². The SMILES string of the molecule is CN1C(=O)[C@@]23CCC(Sc4ccccc4)(Sc4ccccc4)C(=O)N2C[C@@]12C[C@@]1(C(=O)Nc4c1ccc1c4OC=CC(C)(C)O1)C(C)(C)[C@@H]2C3. The van der Waals surface area contributed by atoms with Gasteiger partial charge in [-0.2, -0.15) is 0 Å². The van der Waals surface area contributed by atoms with Crippen LogP contribution in [0.3, 0.4) is 0 Å². The van der Waals surface area contributed by atoms with Gasteiger partial charge in [-0.1, -0.05) is 79.8 Å². The average molecular weight is 708 g/mol. The predicted molar refractivity (Wildman–Crippen MR) is 194 cm³/mol. The number of nitrogens with one attached hydrogen (secondary N) is 1. The molecule has 1 saturated carbocycles. The van der Waals surface area contributed by atoms with Crippen molar-refractivity contribution in [2.24, 2.45) is 11.3 Å². The number of thioether (sulfide) groups is 2. The normalized spacial score (nSPS) is 32.0. The van der Waals surface area contributed by atoms with Crippen molar-refractivity contribution in [1.82, 2.24) is 9.80 Å². The number of benzene rings is 3. The Balaban J connectivity index is 1.15. The Kier molecular flexibility index (Phi) is 6.63. The smallest absolute Gasteiger partial charge is 0.250 e. The molecule has 258 valence electrons. The van der Waals surface area contributed by atoms with E-state index in [1.807, 2.05) is 85.3 Å². The summed E-state index contributed by atoms with van der Waals surface area (Å²) in [6.45, 7) is 8.70. The van der Waals surface area contributed by atoms with E-state index in [1.54, 1.807) is 29.8 Å². The lowest BCUT2D eigenvalue weighted by Gasteiger charge is -2.68. The molecule has 0 unspecified atom stereocenters. The minimum Gasteiger partial charge on any atom is -0.480 e. The van der Waals surface area contributed by atoms with Gasteiger partial charge in [0.15, 0.2) is 11.5 Å². The summed E-state index contributed by atoms with van der Waals surface area (Å²) >= 11 is 3.19. The van der Waals surface area contributed by atoms with E-state index in [-0.39, 0.29) is 23.6 Å². The second kappa shape index (κ2) is 10.3. The van der Waals surface area contributed by atoms with Crippen LogP contribution in [0.25, 0.3) is 0 Å². The Hall–Kier alpha value is -3.89. The van der Waals surface area contributed by atoms with Gasteiger partial charge in [0.05, 0.1) is 22.9 Å². The summed E-state index contributed by atoms with van der Waals surface area (Å²) in [5.74, 6) is 0.938. The molecule has 1 N–H and O–H groups in total. The molecular weight excluding hydrogens is 667 g/mol. The van der Waals surface area contributed by atoms with Crippen LogP contribution in [0.4, 0.5) is 5.69 Å². The molecule has 10 rings (SSSR count). The first-order valence-electron chi connectivity index (χ1n) is 17.4. The molecule has 3 aromatic rings. The molecule has 7 aliphatic rings. The van der Waals surface area contributed by atoms with Gasteiger partial charge in [-0.3, -0.25) is 14.4 Å². The molecule has 0 aromatic heterocycles. The van der Waals surface area contributed by atoms with Gasteiger partial charge >= 0.3 is 0 Å². The van der Waals surface area contributed by atoms with Crippen molar-refractivity contribution >= 4 is 46.9 Å². The second-order valence-corrected chi connectivity index (χ2v) is 18.9. The van der Waals surface area contributed by atoms with Gasteiger partial charge in [0.1, 0.15) is 15.2 Å². The lowest BCUT2D eigenvalue weighted by atomic mass is 9.56. The van der Waals surface area contributed by atoms with E-state index in [0.717, 1.165) is 15.4 Å². The highest BCUT2D eigenvalue weighted by Gasteiger charge is 2.80. The van der Waals surface area contributed by atoms with Crippen molar-refractivity contribution < 1.29 is 23.9 Å². The van der Waals surface area contributed by atoms with Gasteiger partial charge in [-0.15, -0.1) is 0 Å². The van der Waals surface area contributed by atoms with Gasteiger partial charge in [0.25, 0.3) is 5.91 Å². The fraction of sp³-hybridized carbons (Fsp3) is 0.425. The van der Waals surface area contributed by atoms with E-state index in [4.69, 9.17) is 9.47 Å². The van der Waals surface area contributed by atoms with Crippen LogP contribution in [0, 0.1) is 11.3 Å². The van der Waals surface area contributed by atoms with E-state index in [2.05, 4.69) is 43.4 Å². The molecule has 5 fully saturated rings. The molecule has 6 heterocycles. The number of ether oxygens (including phenoxy) is 2. The second-order valence-electron chi connectivity index (χ2n) is 15.9. The van der Waals surface area contributed by atoms with Gasteiger partial charge in [-0.25, -0.2) is 0 Å². The third kappa shape index (κ3) is 4.00. The Morgan fingerprint density at radius 3 is 2.16 bits per heavy atom. The van der Waals surface area contributed by atoms with E-state index in [9.17, 15) is 9.59 Å². The van der Waals surface area contributed by atoms with Crippen LogP contribution < -0.4 is 14.8 Å². The first-order valence-corrected chi connectivity index (χ1v) is 19.0. The van der Waals surface area contributed by atoms with Crippen molar-refractivity contribution in [2.75, 3.05) is 18.9 Å². The number of fused-ring (bicyclic) bond motifs is 5. The number of rotatable bonds is 4. The van der Waals surface area contributed by atoms with E-state index in [1.165, 1.54) is 0 Å². The van der Waals surface area contributed by atoms with Crippen molar-refractivity contribution in [3.63, 3.8) is 0 Å². The zero-order valence-electron chi connectivity index (χ0n) is 28.9. The highest BCUT2D eigenvalue weighted by atomic mass is 32.2. The maximum absolute atomic E-state index is 15.3. The lowest BCUT2D eigenvalue weighted by molar-refractivity contribution is -0.200. The minimum absolute atomic E-state index is 0.00567. The number of carbonyl (C=O) groups excluding carboxylic acids is 3. The fourth-order valence-electron chi connectivity index (χ4n) is 10.3. The highest BCUT2D eigenvalue weighted by Crippen LogP contribution is 2.73. The summed E-state index contributed by atoms with van der Waals surface area (Å²) in [4.78, 5) is 50.6. The van der Waals surface area contributed by atoms with Crippen molar-refractivity contribution in [3.8, 4) is 11.5 Å². The molecule has 3 amide bonds. The number of carbonyl (C=O) groups is 3. The largest absolute Gasteiger partial charge is 0.480 e. The third-order valence-electron chi connectivity index (χ3n) is 12.8. The molecule has 3 aromatic carbocycles. The molecule has 4 atom stereocenters. The first-order chi connectivity index (χ1) is 23.8. The zero-order valence-corrected chi connectivity index (χ0v) is 30.6. The number of likely N-dealkylation sites (N-methyl/N-ethyl adjacent to an activating group) is 1. The van der Waals surface area contributed by atoms with Crippen molar-refractivity contribution in [3.05, 3.63) is 90.7 Å². The summed E-state index contributed by atoms with van der Waals surface area (Å²) in [6.07, 6.45) is 5.53. The Morgan fingerprint density at radius 2 is 1.50 bits per heavy atom. The van der Waals surface area contributed by atoms with Gasteiger partial charge in [-0.05, 0) is 92.8 Å². The molecule has 4 saturated heterocycles. The average Bonchev–Trinajstić information content (AvgIpc) is 3.41. The molecule has 1 aliphatic carbocycles. The predicted octanol–water partition coefficient (Wildman–Crippen LogP) is 7.24. The summed E-state index contributed by atoms with van der Waals surface area (Å²) in [5, 5.41) is 3.23. The van der Waals surface area contributed by atoms with Crippen molar-refractivity contribution in [1.29, 1.82) is 0 Å². The van der Waals surface area contributed by atoms with E-state index >= 15 is 4.79 Å². The summed E-state index contributed by atoms with van der Waals surface area (Å²) in [6, 6.07) is 24.1. The zero-order chi connectivity index (χ0) is 34.9. The maximum atomic E-state index is 15.3. The third-order valence-corrected chi connectivity index (χ3v) is 15.7. The van der Waals surface area contributed by atoms with Crippen molar-refractivity contribution in [2.45, 2.75) is 89.3 Å². The lowest BCUT2D eigenvalue weighted by Crippen LogP contribution is -2.83. The number of anilines is 1. The number of hydrogen-bond donors (Lipinski definition) is 1. The summed E-state index contributed by atoms with van der Waals surface area (Å²) in [5.41, 5.74) is -2.29. The first kappa shape index (κ1) is 32.0. The quantitative estimate of drug-likeness (QED) is 0.286.